The molecule has 166 valence electrons. The maximum atomic E-state index is 13.1. The second kappa shape index (κ2) is 9.06. The van der Waals surface area contributed by atoms with Crippen LogP contribution in [0.4, 0.5) is 4.39 Å². The number of carbonyl (C=O) groups is 1. The van der Waals surface area contributed by atoms with Crippen LogP contribution in [0.1, 0.15) is 30.0 Å². The predicted octanol–water partition coefficient (Wildman–Crippen LogP) is 2.67. The highest BCUT2D eigenvalue weighted by molar-refractivity contribution is 7.89. The standard InChI is InChI=1S/C23H28FN3O3S/c1-25(22-8-4-6-18-5-2-3-7-21(18)22)17-23(28)26-13-15-27(16-14-26)31(29,30)20-11-9-19(24)10-12-20/h2-3,5,7,9-12,22H,4,6,8,13-17H2,1H3. The summed E-state index contributed by atoms with van der Waals surface area (Å²) in [5.41, 5.74) is 2.66. The van der Waals surface area contributed by atoms with Gasteiger partial charge in [-0.3, -0.25) is 9.69 Å². The van der Waals surface area contributed by atoms with Crippen molar-refractivity contribution < 1.29 is 17.6 Å². The van der Waals surface area contributed by atoms with Crippen LogP contribution in [0.2, 0.25) is 0 Å². The minimum atomic E-state index is -3.68. The molecule has 2 aromatic carbocycles. The number of rotatable bonds is 5. The van der Waals surface area contributed by atoms with E-state index in [1.165, 1.54) is 27.6 Å². The maximum Gasteiger partial charge on any atom is 0.243 e. The van der Waals surface area contributed by atoms with Crippen LogP contribution in [0.15, 0.2) is 53.4 Å². The smallest absolute Gasteiger partial charge is 0.243 e. The fourth-order valence-electron chi connectivity index (χ4n) is 4.54. The van der Waals surface area contributed by atoms with E-state index in [1.54, 1.807) is 4.90 Å². The Bertz CT molecular complexity index is 1030. The van der Waals surface area contributed by atoms with Crippen molar-refractivity contribution >= 4 is 15.9 Å². The Kier molecular flexibility index (Phi) is 6.41. The summed E-state index contributed by atoms with van der Waals surface area (Å²) in [6.07, 6.45) is 3.23. The van der Waals surface area contributed by atoms with Gasteiger partial charge in [0.15, 0.2) is 0 Å². The number of piperazine rings is 1. The van der Waals surface area contributed by atoms with Gasteiger partial charge in [0.2, 0.25) is 15.9 Å². The molecule has 1 heterocycles. The van der Waals surface area contributed by atoms with Gasteiger partial charge in [-0.15, -0.1) is 0 Å². The number of hydrogen-bond donors (Lipinski definition) is 0. The summed E-state index contributed by atoms with van der Waals surface area (Å²) in [5, 5.41) is 0. The molecule has 8 heteroatoms. The first-order valence-corrected chi connectivity index (χ1v) is 12.1. The largest absolute Gasteiger partial charge is 0.339 e. The first-order valence-electron chi connectivity index (χ1n) is 10.7. The van der Waals surface area contributed by atoms with Crippen LogP contribution >= 0.6 is 0 Å². The molecule has 1 unspecified atom stereocenters. The molecule has 0 N–H and O–H groups in total. The van der Waals surface area contributed by atoms with Gasteiger partial charge in [0.1, 0.15) is 5.82 Å². The summed E-state index contributed by atoms with van der Waals surface area (Å²) in [4.78, 5) is 16.8. The quantitative estimate of drug-likeness (QED) is 0.710. The van der Waals surface area contributed by atoms with Gasteiger partial charge < -0.3 is 4.90 Å². The second-order valence-corrected chi connectivity index (χ2v) is 10.2. The molecule has 0 radical (unpaired) electrons. The second-order valence-electron chi connectivity index (χ2n) is 8.26. The van der Waals surface area contributed by atoms with Crippen molar-refractivity contribution in [2.24, 2.45) is 0 Å². The van der Waals surface area contributed by atoms with Crippen molar-refractivity contribution in [2.75, 3.05) is 39.8 Å². The third-order valence-electron chi connectivity index (χ3n) is 6.30. The Hall–Kier alpha value is -2.29. The SMILES string of the molecule is CN(CC(=O)N1CCN(S(=O)(=O)c2ccc(F)cc2)CC1)C1CCCc2ccccc21. The van der Waals surface area contributed by atoms with Crippen molar-refractivity contribution in [3.8, 4) is 0 Å². The average molecular weight is 446 g/mol. The fraction of sp³-hybridized carbons (Fsp3) is 0.435. The van der Waals surface area contributed by atoms with Crippen LogP contribution in [-0.4, -0.2) is 68.2 Å². The van der Waals surface area contributed by atoms with Crippen LogP contribution < -0.4 is 0 Å². The van der Waals surface area contributed by atoms with E-state index < -0.39 is 15.8 Å². The molecule has 6 nitrogen and oxygen atoms in total. The molecular weight excluding hydrogens is 417 g/mol. The van der Waals surface area contributed by atoms with Crippen molar-refractivity contribution in [2.45, 2.75) is 30.2 Å². The number of aryl methyl sites for hydroxylation is 1. The lowest BCUT2D eigenvalue weighted by Crippen LogP contribution is -2.52. The number of carbonyl (C=O) groups excluding carboxylic acids is 1. The molecule has 31 heavy (non-hydrogen) atoms. The number of nitrogens with zero attached hydrogens (tertiary/aromatic N) is 3. The zero-order chi connectivity index (χ0) is 22.0. The zero-order valence-corrected chi connectivity index (χ0v) is 18.5. The molecule has 1 fully saturated rings. The molecule has 1 amide bonds. The van der Waals surface area contributed by atoms with E-state index in [-0.39, 0.29) is 29.9 Å². The summed E-state index contributed by atoms with van der Waals surface area (Å²) < 4.78 is 40.0. The van der Waals surface area contributed by atoms with Crippen LogP contribution in [0.5, 0.6) is 0 Å². The van der Waals surface area contributed by atoms with Crippen LogP contribution in [0.3, 0.4) is 0 Å². The van der Waals surface area contributed by atoms with E-state index >= 15 is 0 Å². The number of amides is 1. The third kappa shape index (κ3) is 4.66. The summed E-state index contributed by atoms with van der Waals surface area (Å²) >= 11 is 0. The molecule has 0 aromatic heterocycles. The number of likely N-dealkylation sites (N-methyl/N-ethyl adjacent to an activating group) is 1. The highest BCUT2D eigenvalue weighted by Gasteiger charge is 2.31. The number of hydrogen-bond acceptors (Lipinski definition) is 4. The van der Waals surface area contributed by atoms with E-state index in [4.69, 9.17) is 0 Å². The topological polar surface area (TPSA) is 60.9 Å². The third-order valence-corrected chi connectivity index (χ3v) is 8.21. The molecule has 1 atom stereocenters. The van der Waals surface area contributed by atoms with E-state index in [1.807, 2.05) is 13.1 Å². The lowest BCUT2D eigenvalue weighted by Gasteiger charge is -2.37. The maximum absolute atomic E-state index is 13.1. The molecule has 4 rings (SSSR count). The van der Waals surface area contributed by atoms with Crippen LogP contribution in [0, 0.1) is 5.82 Å². The van der Waals surface area contributed by atoms with E-state index in [2.05, 4.69) is 23.1 Å². The van der Waals surface area contributed by atoms with Gasteiger partial charge in [-0.25, -0.2) is 12.8 Å². The minimum absolute atomic E-state index is 0.0179. The molecule has 2 aromatic rings. The summed E-state index contributed by atoms with van der Waals surface area (Å²) in [7, 11) is -1.70. The van der Waals surface area contributed by atoms with E-state index in [0.717, 1.165) is 31.4 Å². The van der Waals surface area contributed by atoms with Gasteiger partial charge >= 0.3 is 0 Å². The average Bonchev–Trinajstić information content (AvgIpc) is 2.79. The van der Waals surface area contributed by atoms with Crippen LogP contribution in [0.25, 0.3) is 0 Å². The Balaban J connectivity index is 1.35. The number of sulfonamides is 1. The number of halogens is 1. The van der Waals surface area contributed by atoms with Gasteiger partial charge in [-0.05, 0) is 61.7 Å². The Labute approximate surface area is 183 Å². The van der Waals surface area contributed by atoms with Crippen LogP contribution in [-0.2, 0) is 21.2 Å². The Morgan fingerprint density at radius 2 is 1.74 bits per heavy atom. The Morgan fingerprint density at radius 1 is 1.06 bits per heavy atom. The number of fused-ring (bicyclic) bond motifs is 1. The summed E-state index contributed by atoms with van der Waals surface area (Å²) in [6, 6.07) is 13.5. The lowest BCUT2D eigenvalue weighted by molar-refractivity contribution is -0.133. The fourth-order valence-corrected chi connectivity index (χ4v) is 5.97. The minimum Gasteiger partial charge on any atom is -0.339 e. The highest BCUT2D eigenvalue weighted by Crippen LogP contribution is 2.33. The first-order chi connectivity index (χ1) is 14.9. The summed E-state index contributed by atoms with van der Waals surface area (Å²) in [6.45, 7) is 1.50. The van der Waals surface area contributed by atoms with Crippen molar-refractivity contribution in [3.05, 3.63) is 65.5 Å². The molecule has 1 saturated heterocycles. The van der Waals surface area contributed by atoms with Crippen molar-refractivity contribution in [3.63, 3.8) is 0 Å². The van der Waals surface area contributed by atoms with Gasteiger partial charge in [-0.1, -0.05) is 24.3 Å². The molecule has 0 saturated carbocycles. The lowest BCUT2D eigenvalue weighted by atomic mass is 9.87. The van der Waals surface area contributed by atoms with Gasteiger partial charge in [0.25, 0.3) is 0 Å². The van der Waals surface area contributed by atoms with Gasteiger partial charge in [0, 0.05) is 32.2 Å². The first kappa shape index (κ1) is 21.9. The predicted molar refractivity (Wildman–Crippen MR) is 116 cm³/mol. The number of benzene rings is 2. The normalized spacial score (nSPS) is 20.0. The zero-order valence-electron chi connectivity index (χ0n) is 17.7. The Morgan fingerprint density at radius 3 is 2.45 bits per heavy atom. The van der Waals surface area contributed by atoms with E-state index in [0.29, 0.717) is 19.6 Å². The highest BCUT2D eigenvalue weighted by atomic mass is 32.2. The molecular formula is C23H28FN3O3S. The molecule has 1 aliphatic carbocycles. The monoisotopic (exact) mass is 445 g/mol. The van der Waals surface area contributed by atoms with Crippen molar-refractivity contribution in [1.82, 2.24) is 14.1 Å². The van der Waals surface area contributed by atoms with Crippen molar-refractivity contribution in [1.29, 1.82) is 0 Å². The summed E-state index contributed by atoms with van der Waals surface area (Å²) in [5.74, 6) is -0.455. The molecule has 0 bridgehead atoms. The van der Waals surface area contributed by atoms with E-state index in [9.17, 15) is 17.6 Å². The molecule has 2 aliphatic rings. The molecule has 1 aliphatic heterocycles. The van der Waals surface area contributed by atoms with Gasteiger partial charge in [0.05, 0.1) is 11.4 Å². The van der Waals surface area contributed by atoms with Gasteiger partial charge in [-0.2, -0.15) is 4.31 Å². The molecule has 0 spiro atoms.